The minimum Gasteiger partial charge on any atom is -0.353 e. The van der Waals surface area contributed by atoms with Gasteiger partial charge in [-0.25, -0.2) is 0 Å². The molecule has 2 heterocycles. The van der Waals surface area contributed by atoms with E-state index in [9.17, 15) is 0 Å². The van der Waals surface area contributed by atoms with Crippen LogP contribution in [0.2, 0.25) is 0 Å². The van der Waals surface area contributed by atoms with Crippen molar-refractivity contribution >= 4 is 22.2 Å². The van der Waals surface area contributed by atoms with Gasteiger partial charge in [0.05, 0.1) is 10.6 Å². The van der Waals surface area contributed by atoms with Crippen LogP contribution in [0.1, 0.15) is 35.8 Å². The maximum atomic E-state index is 5.67. The van der Waals surface area contributed by atoms with Crippen molar-refractivity contribution < 1.29 is 0 Å². The number of thiophene rings is 1. The molecule has 116 valence electrons. The first-order chi connectivity index (χ1) is 10.7. The van der Waals surface area contributed by atoms with Gasteiger partial charge in [0.25, 0.3) is 0 Å². The van der Waals surface area contributed by atoms with Crippen LogP contribution in [-0.4, -0.2) is 11.5 Å². The van der Waals surface area contributed by atoms with Gasteiger partial charge in [0.1, 0.15) is 0 Å². The fourth-order valence-electron chi connectivity index (χ4n) is 3.11. The van der Waals surface area contributed by atoms with Crippen LogP contribution in [0.25, 0.3) is 21.5 Å². The molecule has 0 bridgehead atoms. The molecule has 3 aromatic rings. The lowest BCUT2D eigenvalue weighted by Crippen LogP contribution is -1.99. The topological polar surface area (TPSA) is 41.8 Å². The highest BCUT2D eigenvalue weighted by molar-refractivity contribution is 7.15. The number of aryl methyl sites for hydroxylation is 3. The second kappa shape index (κ2) is 6.67. The third-order valence-corrected chi connectivity index (χ3v) is 5.29. The van der Waals surface area contributed by atoms with Crippen LogP contribution >= 0.6 is 11.3 Å². The average Bonchev–Trinajstić information content (AvgIpc) is 3.11. The number of aromatic nitrogens is 1. The van der Waals surface area contributed by atoms with Gasteiger partial charge in [-0.2, -0.15) is 0 Å². The van der Waals surface area contributed by atoms with Crippen molar-refractivity contribution in [2.24, 2.45) is 5.73 Å². The van der Waals surface area contributed by atoms with Crippen LogP contribution in [0.5, 0.6) is 0 Å². The summed E-state index contributed by atoms with van der Waals surface area (Å²) >= 11 is 1.87. The summed E-state index contributed by atoms with van der Waals surface area (Å²) in [6.07, 6.45) is 4.39. The monoisotopic (exact) mass is 312 g/mol. The van der Waals surface area contributed by atoms with Gasteiger partial charge in [0.15, 0.2) is 0 Å². The van der Waals surface area contributed by atoms with E-state index in [0.29, 0.717) is 0 Å². The van der Waals surface area contributed by atoms with E-state index in [1.807, 2.05) is 11.3 Å². The van der Waals surface area contributed by atoms with Gasteiger partial charge < -0.3 is 10.7 Å². The van der Waals surface area contributed by atoms with E-state index in [-0.39, 0.29) is 0 Å². The summed E-state index contributed by atoms with van der Waals surface area (Å²) in [5, 5.41) is 1.39. The van der Waals surface area contributed by atoms with Gasteiger partial charge >= 0.3 is 0 Å². The molecule has 0 saturated heterocycles. The molecule has 3 heteroatoms. The van der Waals surface area contributed by atoms with Crippen LogP contribution < -0.4 is 5.73 Å². The number of rotatable bonds is 6. The van der Waals surface area contributed by atoms with E-state index in [4.69, 9.17) is 5.73 Å². The first kappa shape index (κ1) is 15.3. The summed E-state index contributed by atoms with van der Waals surface area (Å²) in [5.41, 5.74) is 11.2. The molecule has 3 rings (SSSR count). The fraction of sp³-hybridized carbons (Fsp3) is 0.368. The molecule has 0 amide bonds. The number of nitrogens with two attached hydrogens (primary N) is 1. The molecule has 0 aliphatic carbocycles. The maximum absolute atomic E-state index is 5.67. The minimum atomic E-state index is 0.774. The molecule has 2 aromatic heterocycles. The standard InChI is InChI=1S/C19H24N2S/c1-3-14-7-6-9-15-16(8-4-5-12-20)19(21-18(14)15)17-11-10-13(2)22-17/h6-7,9-11,21H,3-5,8,12,20H2,1-2H3. The Kier molecular flexibility index (Phi) is 4.65. The molecule has 0 aliphatic rings. The SMILES string of the molecule is CCc1cccc2c(CCCCN)c(-c3ccc(C)s3)[nH]c12. The molecule has 3 N–H and O–H groups in total. The van der Waals surface area contributed by atoms with E-state index in [1.54, 1.807) is 0 Å². The third kappa shape index (κ3) is 2.83. The van der Waals surface area contributed by atoms with Crippen molar-refractivity contribution in [3.8, 4) is 10.6 Å². The van der Waals surface area contributed by atoms with Crippen molar-refractivity contribution in [2.75, 3.05) is 6.54 Å². The fourth-order valence-corrected chi connectivity index (χ4v) is 4.01. The minimum absolute atomic E-state index is 0.774. The molecule has 0 saturated carbocycles. The largest absolute Gasteiger partial charge is 0.353 e. The quantitative estimate of drug-likeness (QED) is 0.615. The first-order valence-electron chi connectivity index (χ1n) is 8.14. The number of H-pyrrole nitrogens is 1. The van der Waals surface area contributed by atoms with Crippen molar-refractivity contribution in [3.63, 3.8) is 0 Å². The lowest BCUT2D eigenvalue weighted by Gasteiger charge is -2.03. The normalized spacial score (nSPS) is 11.4. The summed E-state index contributed by atoms with van der Waals surface area (Å²) in [4.78, 5) is 6.42. The average molecular weight is 312 g/mol. The maximum Gasteiger partial charge on any atom is 0.0598 e. The molecule has 0 fully saturated rings. The molecule has 0 aliphatic heterocycles. The summed E-state index contributed by atoms with van der Waals surface area (Å²) in [6, 6.07) is 11.1. The van der Waals surface area contributed by atoms with E-state index in [0.717, 1.165) is 32.2 Å². The van der Waals surface area contributed by atoms with Crippen LogP contribution in [-0.2, 0) is 12.8 Å². The van der Waals surface area contributed by atoms with Crippen LogP contribution in [0, 0.1) is 6.92 Å². The Morgan fingerprint density at radius 3 is 2.68 bits per heavy atom. The highest BCUT2D eigenvalue weighted by Crippen LogP contribution is 2.36. The number of fused-ring (bicyclic) bond motifs is 1. The number of benzene rings is 1. The number of unbranched alkanes of at least 4 members (excludes halogenated alkanes) is 1. The summed E-state index contributed by atoms with van der Waals surface area (Å²) in [6.45, 7) is 5.16. The summed E-state index contributed by atoms with van der Waals surface area (Å²) in [7, 11) is 0. The van der Waals surface area contributed by atoms with Crippen molar-refractivity contribution in [3.05, 3.63) is 46.3 Å². The second-order valence-corrected chi connectivity index (χ2v) is 7.12. The zero-order valence-electron chi connectivity index (χ0n) is 13.4. The molecular weight excluding hydrogens is 288 g/mol. The molecule has 1 aromatic carbocycles. The van der Waals surface area contributed by atoms with Crippen molar-refractivity contribution in [1.29, 1.82) is 0 Å². The van der Waals surface area contributed by atoms with E-state index in [1.165, 1.54) is 37.5 Å². The third-order valence-electron chi connectivity index (χ3n) is 4.28. The highest BCUT2D eigenvalue weighted by atomic mass is 32.1. The van der Waals surface area contributed by atoms with Crippen LogP contribution in [0.15, 0.2) is 30.3 Å². The van der Waals surface area contributed by atoms with Crippen LogP contribution in [0.4, 0.5) is 0 Å². The number of nitrogens with one attached hydrogen (secondary N) is 1. The number of para-hydroxylation sites is 1. The van der Waals surface area contributed by atoms with Gasteiger partial charge in [-0.15, -0.1) is 11.3 Å². The molecule has 0 unspecified atom stereocenters. The Bertz CT molecular complexity index is 767. The summed E-state index contributed by atoms with van der Waals surface area (Å²) < 4.78 is 0. The van der Waals surface area contributed by atoms with Gasteiger partial charge in [-0.05, 0) is 62.4 Å². The van der Waals surface area contributed by atoms with E-state index < -0.39 is 0 Å². The zero-order chi connectivity index (χ0) is 15.5. The molecule has 0 spiro atoms. The molecule has 22 heavy (non-hydrogen) atoms. The Morgan fingerprint density at radius 1 is 1.14 bits per heavy atom. The Labute approximate surface area is 136 Å². The lowest BCUT2D eigenvalue weighted by molar-refractivity contribution is 0.748. The van der Waals surface area contributed by atoms with E-state index in [2.05, 4.69) is 49.2 Å². The Balaban J connectivity index is 2.14. The molecule has 0 atom stereocenters. The van der Waals surface area contributed by atoms with Crippen LogP contribution in [0.3, 0.4) is 0 Å². The van der Waals surface area contributed by atoms with Crippen molar-refractivity contribution in [2.45, 2.75) is 39.5 Å². The first-order valence-corrected chi connectivity index (χ1v) is 8.95. The van der Waals surface area contributed by atoms with Gasteiger partial charge in [-0.3, -0.25) is 0 Å². The lowest BCUT2D eigenvalue weighted by atomic mass is 10.0. The van der Waals surface area contributed by atoms with E-state index >= 15 is 0 Å². The molecule has 2 nitrogen and oxygen atoms in total. The smallest absolute Gasteiger partial charge is 0.0598 e. The highest BCUT2D eigenvalue weighted by Gasteiger charge is 2.15. The second-order valence-electron chi connectivity index (χ2n) is 5.83. The summed E-state index contributed by atoms with van der Waals surface area (Å²) in [5.74, 6) is 0. The molecule has 0 radical (unpaired) electrons. The zero-order valence-corrected chi connectivity index (χ0v) is 14.2. The Hall–Kier alpha value is -1.58. The van der Waals surface area contributed by atoms with Gasteiger partial charge in [-0.1, -0.05) is 25.1 Å². The Morgan fingerprint density at radius 2 is 2.00 bits per heavy atom. The molecular formula is C19H24N2S. The number of aromatic amines is 1. The van der Waals surface area contributed by atoms with Gasteiger partial charge in [0.2, 0.25) is 0 Å². The number of hydrogen-bond acceptors (Lipinski definition) is 2. The predicted octanol–water partition coefficient (Wildman–Crippen LogP) is 5.05. The van der Waals surface area contributed by atoms with Gasteiger partial charge in [0, 0.05) is 15.8 Å². The van der Waals surface area contributed by atoms with Crippen molar-refractivity contribution in [1.82, 2.24) is 4.98 Å². The predicted molar refractivity (Wildman–Crippen MR) is 97.7 cm³/mol. The number of hydrogen-bond donors (Lipinski definition) is 2.